The van der Waals surface area contributed by atoms with Crippen LogP contribution < -0.4 is 15.5 Å². The van der Waals surface area contributed by atoms with E-state index < -0.39 is 0 Å². The van der Waals surface area contributed by atoms with Gasteiger partial charge in [-0.3, -0.25) is 0 Å². The number of nitrogens with one attached hydrogen (secondary N) is 2. The van der Waals surface area contributed by atoms with Crippen molar-refractivity contribution >= 4 is 17.0 Å². The molecule has 2 saturated heterocycles. The van der Waals surface area contributed by atoms with Crippen molar-refractivity contribution in [2.75, 3.05) is 32.1 Å². The van der Waals surface area contributed by atoms with Crippen molar-refractivity contribution in [3.05, 3.63) is 52.2 Å². The maximum absolute atomic E-state index is 3.74. The summed E-state index contributed by atoms with van der Waals surface area (Å²) in [6.45, 7) is 2.18. The van der Waals surface area contributed by atoms with E-state index >= 15 is 0 Å². The van der Waals surface area contributed by atoms with Crippen molar-refractivity contribution in [1.29, 1.82) is 0 Å². The average Bonchev–Trinajstić information content (AvgIpc) is 3.23. The summed E-state index contributed by atoms with van der Waals surface area (Å²) in [7, 11) is 4.19. The van der Waals surface area contributed by atoms with E-state index in [1.165, 1.54) is 23.2 Å². The predicted octanol–water partition coefficient (Wildman–Crippen LogP) is 3.22. The fourth-order valence-electron chi connectivity index (χ4n) is 4.14. The fraction of sp³-hybridized carbons (Fsp3) is 0.474. The molecule has 2 N–H and O–H groups in total. The third kappa shape index (κ3) is 2.91. The maximum Gasteiger partial charge on any atom is 0.0607 e. The first kappa shape index (κ1) is 15.2. The van der Waals surface area contributed by atoms with Gasteiger partial charge < -0.3 is 15.5 Å². The van der Waals surface area contributed by atoms with Gasteiger partial charge in [-0.15, -0.1) is 0 Å². The van der Waals surface area contributed by atoms with Gasteiger partial charge in [-0.05, 0) is 58.3 Å². The third-order valence-electron chi connectivity index (χ3n) is 5.50. The Bertz CT molecular complexity index is 635. The number of hydrogen-bond donors (Lipinski definition) is 2. The molecule has 4 atom stereocenters. The molecule has 2 aliphatic rings. The second-order valence-corrected chi connectivity index (χ2v) is 7.82. The second kappa shape index (κ2) is 6.27. The molecule has 1 aromatic carbocycles. The minimum Gasteiger partial charge on any atom is -0.378 e. The van der Waals surface area contributed by atoms with Crippen LogP contribution in [0.2, 0.25) is 0 Å². The summed E-state index contributed by atoms with van der Waals surface area (Å²) in [5.41, 5.74) is 4.26. The molecule has 0 aliphatic carbocycles. The smallest absolute Gasteiger partial charge is 0.0607 e. The third-order valence-corrected chi connectivity index (χ3v) is 6.20. The standard InChI is InChI=1S/C19H25N3S/c1-22(2)16-5-3-13(4-6-16)15-9-17-18(14-7-8-23-12-14)11-21-19(17)20-10-15/h3-8,12,15,17-21H,9-11H2,1-2H3. The summed E-state index contributed by atoms with van der Waals surface area (Å²) in [5, 5.41) is 11.9. The molecule has 4 rings (SSSR count). The van der Waals surface area contributed by atoms with Gasteiger partial charge in [0.25, 0.3) is 0 Å². The van der Waals surface area contributed by atoms with Crippen molar-refractivity contribution in [3.63, 3.8) is 0 Å². The first-order valence-electron chi connectivity index (χ1n) is 8.48. The lowest BCUT2D eigenvalue weighted by atomic mass is 9.77. The number of benzene rings is 1. The number of piperidine rings is 1. The first-order valence-corrected chi connectivity index (χ1v) is 9.43. The minimum absolute atomic E-state index is 0.484. The van der Waals surface area contributed by atoms with Gasteiger partial charge in [0.2, 0.25) is 0 Å². The van der Waals surface area contributed by atoms with Crippen LogP contribution >= 0.6 is 11.3 Å². The molecule has 2 fully saturated rings. The number of anilines is 1. The van der Waals surface area contributed by atoms with Crippen LogP contribution in [0.5, 0.6) is 0 Å². The lowest BCUT2D eigenvalue weighted by Gasteiger charge is -2.35. The summed E-state index contributed by atoms with van der Waals surface area (Å²) in [4.78, 5) is 2.16. The van der Waals surface area contributed by atoms with Gasteiger partial charge >= 0.3 is 0 Å². The van der Waals surface area contributed by atoms with Gasteiger partial charge in [0.1, 0.15) is 0 Å². The van der Waals surface area contributed by atoms with Gasteiger partial charge in [0.05, 0.1) is 6.17 Å². The molecular weight excluding hydrogens is 302 g/mol. The van der Waals surface area contributed by atoms with E-state index in [-0.39, 0.29) is 0 Å². The van der Waals surface area contributed by atoms with Crippen LogP contribution in [0.15, 0.2) is 41.1 Å². The molecule has 4 heteroatoms. The molecule has 0 saturated carbocycles. The molecule has 23 heavy (non-hydrogen) atoms. The molecule has 2 aromatic rings. The van der Waals surface area contributed by atoms with E-state index in [2.05, 4.69) is 70.7 Å². The van der Waals surface area contributed by atoms with Crippen molar-refractivity contribution in [2.24, 2.45) is 5.92 Å². The number of fused-ring (bicyclic) bond motifs is 1. The lowest BCUT2D eigenvalue weighted by Crippen LogP contribution is -2.48. The van der Waals surface area contributed by atoms with Gasteiger partial charge in [-0.2, -0.15) is 11.3 Å². The Morgan fingerprint density at radius 2 is 1.78 bits per heavy atom. The Balaban J connectivity index is 1.51. The summed E-state index contributed by atoms with van der Waals surface area (Å²) < 4.78 is 0. The topological polar surface area (TPSA) is 27.3 Å². The molecule has 2 aliphatic heterocycles. The highest BCUT2D eigenvalue weighted by Gasteiger charge is 2.41. The first-order chi connectivity index (χ1) is 11.2. The van der Waals surface area contributed by atoms with E-state index in [1.807, 2.05) is 11.3 Å². The maximum atomic E-state index is 3.74. The lowest BCUT2D eigenvalue weighted by molar-refractivity contribution is 0.260. The molecule has 4 unspecified atom stereocenters. The highest BCUT2D eigenvalue weighted by Crippen LogP contribution is 2.41. The Morgan fingerprint density at radius 1 is 1.00 bits per heavy atom. The number of nitrogens with zero attached hydrogens (tertiary/aromatic N) is 1. The Kier molecular flexibility index (Phi) is 4.14. The van der Waals surface area contributed by atoms with Crippen molar-refractivity contribution in [2.45, 2.75) is 24.4 Å². The normalized spacial score (nSPS) is 30.2. The average molecular weight is 327 g/mol. The second-order valence-electron chi connectivity index (χ2n) is 7.04. The highest BCUT2D eigenvalue weighted by atomic mass is 32.1. The number of hydrogen-bond acceptors (Lipinski definition) is 4. The van der Waals surface area contributed by atoms with E-state index in [9.17, 15) is 0 Å². The zero-order valence-corrected chi connectivity index (χ0v) is 14.6. The van der Waals surface area contributed by atoms with Crippen molar-refractivity contribution in [1.82, 2.24) is 10.6 Å². The van der Waals surface area contributed by atoms with E-state index in [1.54, 1.807) is 0 Å². The van der Waals surface area contributed by atoms with Crippen molar-refractivity contribution < 1.29 is 0 Å². The fourth-order valence-corrected chi connectivity index (χ4v) is 4.87. The Labute approximate surface area is 142 Å². The SMILES string of the molecule is CN(C)c1ccc(C2CNC3NCC(c4ccsc4)C3C2)cc1. The molecule has 0 bridgehead atoms. The summed E-state index contributed by atoms with van der Waals surface area (Å²) in [5.74, 6) is 1.97. The van der Waals surface area contributed by atoms with Gasteiger partial charge in [0, 0.05) is 38.8 Å². The quantitative estimate of drug-likeness (QED) is 0.906. The largest absolute Gasteiger partial charge is 0.378 e. The molecule has 0 spiro atoms. The van der Waals surface area contributed by atoms with Crippen LogP contribution in [0.4, 0.5) is 5.69 Å². The van der Waals surface area contributed by atoms with Gasteiger partial charge in [-0.25, -0.2) is 0 Å². The predicted molar refractivity (Wildman–Crippen MR) is 98.5 cm³/mol. The Hall–Kier alpha value is -1.36. The molecule has 1 aromatic heterocycles. The minimum atomic E-state index is 0.484. The van der Waals surface area contributed by atoms with Crippen LogP contribution in [0.3, 0.4) is 0 Å². The zero-order valence-electron chi connectivity index (χ0n) is 13.8. The Morgan fingerprint density at radius 3 is 2.48 bits per heavy atom. The van der Waals surface area contributed by atoms with E-state index in [0.29, 0.717) is 23.9 Å². The van der Waals surface area contributed by atoms with Crippen LogP contribution in [0.1, 0.15) is 29.4 Å². The molecule has 0 amide bonds. The summed E-state index contributed by atoms with van der Waals surface area (Å²) in [6.07, 6.45) is 1.75. The van der Waals surface area contributed by atoms with Crippen molar-refractivity contribution in [3.8, 4) is 0 Å². The van der Waals surface area contributed by atoms with Crippen LogP contribution in [-0.2, 0) is 0 Å². The molecule has 3 nitrogen and oxygen atoms in total. The summed E-state index contributed by atoms with van der Waals surface area (Å²) in [6, 6.07) is 11.4. The van der Waals surface area contributed by atoms with Gasteiger partial charge in [0.15, 0.2) is 0 Å². The zero-order chi connectivity index (χ0) is 15.8. The molecule has 0 radical (unpaired) electrons. The number of rotatable bonds is 3. The van der Waals surface area contributed by atoms with Gasteiger partial charge in [-0.1, -0.05) is 12.1 Å². The van der Waals surface area contributed by atoms with Crippen LogP contribution in [0.25, 0.3) is 0 Å². The van der Waals surface area contributed by atoms with Crippen LogP contribution in [-0.4, -0.2) is 33.4 Å². The summed E-state index contributed by atoms with van der Waals surface area (Å²) >= 11 is 1.81. The monoisotopic (exact) mass is 327 g/mol. The molecular formula is C19H25N3S. The highest BCUT2D eigenvalue weighted by molar-refractivity contribution is 7.08. The van der Waals surface area contributed by atoms with E-state index in [0.717, 1.165) is 13.1 Å². The molecule has 3 heterocycles. The van der Waals surface area contributed by atoms with Crippen LogP contribution in [0, 0.1) is 5.92 Å². The number of thiophene rings is 1. The molecule has 122 valence electrons. The van der Waals surface area contributed by atoms with E-state index in [4.69, 9.17) is 0 Å².